The number of nitro groups is 1. The van der Waals surface area contributed by atoms with E-state index in [2.05, 4.69) is 4.74 Å². The van der Waals surface area contributed by atoms with Gasteiger partial charge in [0.1, 0.15) is 11.6 Å². The van der Waals surface area contributed by atoms with Crippen LogP contribution in [0, 0.1) is 25.0 Å². The molecule has 0 radical (unpaired) electrons. The number of nitrogens with zero attached hydrogens (tertiary/aromatic N) is 2. The van der Waals surface area contributed by atoms with Crippen LogP contribution in [0.3, 0.4) is 0 Å². The van der Waals surface area contributed by atoms with Gasteiger partial charge >= 0.3 is 5.97 Å². The Morgan fingerprint density at radius 1 is 1.62 bits per heavy atom. The first-order valence-corrected chi connectivity index (χ1v) is 5.05. The maximum absolute atomic E-state index is 11.3. The van der Waals surface area contributed by atoms with E-state index in [0.29, 0.717) is 3.57 Å². The zero-order chi connectivity index (χ0) is 12.3. The van der Waals surface area contributed by atoms with Crippen molar-refractivity contribution in [2.45, 2.75) is 0 Å². The molecule has 0 aliphatic heterocycles. The normalized spacial score (nSPS) is 9.31. The molecule has 1 rings (SSSR count). The van der Waals surface area contributed by atoms with E-state index in [1.165, 1.54) is 6.07 Å². The van der Waals surface area contributed by atoms with Gasteiger partial charge in [0.2, 0.25) is 0 Å². The third kappa shape index (κ3) is 2.27. The van der Waals surface area contributed by atoms with Crippen LogP contribution in [0.5, 0.6) is 0 Å². The molecule has 1 aromatic rings. The number of ether oxygens (including phenoxy) is 1. The van der Waals surface area contributed by atoms with Crippen molar-refractivity contribution in [3.63, 3.8) is 0 Å². The van der Waals surface area contributed by atoms with Crippen molar-refractivity contribution >= 4 is 34.2 Å². The van der Waals surface area contributed by atoms with Gasteiger partial charge < -0.3 is 4.74 Å². The van der Waals surface area contributed by atoms with E-state index in [-0.39, 0.29) is 11.1 Å². The number of carbonyl (C=O) groups excluding carboxylic acids is 1. The smallest absolute Gasteiger partial charge is 0.344 e. The van der Waals surface area contributed by atoms with Gasteiger partial charge in [-0.05, 0) is 28.7 Å². The molecule has 0 atom stereocenters. The number of methoxy groups -OCH3 is 1. The summed E-state index contributed by atoms with van der Waals surface area (Å²) in [6.07, 6.45) is 0. The number of benzene rings is 1. The second kappa shape index (κ2) is 4.89. The first kappa shape index (κ1) is 12.4. The van der Waals surface area contributed by atoms with Crippen molar-refractivity contribution in [1.29, 1.82) is 5.26 Å². The van der Waals surface area contributed by atoms with Crippen LogP contribution >= 0.6 is 22.6 Å². The highest BCUT2D eigenvalue weighted by Crippen LogP contribution is 2.25. The number of carbonyl (C=O) groups is 1. The van der Waals surface area contributed by atoms with E-state index in [4.69, 9.17) is 5.26 Å². The molecule has 0 fully saturated rings. The fourth-order valence-corrected chi connectivity index (χ4v) is 1.66. The first-order valence-electron chi connectivity index (χ1n) is 3.97. The highest BCUT2D eigenvalue weighted by atomic mass is 127. The fourth-order valence-electron chi connectivity index (χ4n) is 1.07. The molecule has 0 aliphatic carbocycles. The Labute approximate surface area is 104 Å². The van der Waals surface area contributed by atoms with E-state index >= 15 is 0 Å². The highest BCUT2D eigenvalue weighted by molar-refractivity contribution is 14.1. The minimum Gasteiger partial charge on any atom is -0.465 e. The Kier molecular flexibility index (Phi) is 3.78. The lowest BCUT2D eigenvalue weighted by atomic mass is 10.1. The van der Waals surface area contributed by atoms with Crippen molar-refractivity contribution in [3.05, 3.63) is 36.9 Å². The number of halogens is 1. The predicted octanol–water partition coefficient (Wildman–Crippen LogP) is 1.86. The highest BCUT2D eigenvalue weighted by Gasteiger charge is 2.23. The quantitative estimate of drug-likeness (QED) is 0.357. The molecular weight excluding hydrogens is 327 g/mol. The minimum absolute atomic E-state index is 0.153. The van der Waals surface area contributed by atoms with Crippen LogP contribution in [-0.4, -0.2) is 18.0 Å². The zero-order valence-electron chi connectivity index (χ0n) is 8.06. The lowest BCUT2D eigenvalue weighted by Crippen LogP contribution is -2.07. The maximum Gasteiger partial charge on any atom is 0.344 e. The van der Waals surface area contributed by atoms with Crippen LogP contribution in [0.2, 0.25) is 0 Å². The van der Waals surface area contributed by atoms with Crippen molar-refractivity contribution < 1.29 is 14.5 Å². The molecule has 16 heavy (non-hydrogen) atoms. The van der Waals surface area contributed by atoms with Crippen LogP contribution in [0.25, 0.3) is 0 Å². The number of hydrogen-bond acceptors (Lipinski definition) is 5. The van der Waals surface area contributed by atoms with Gasteiger partial charge in [0.05, 0.1) is 17.6 Å². The summed E-state index contributed by atoms with van der Waals surface area (Å²) in [5.74, 6) is -0.797. The van der Waals surface area contributed by atoms with E-state index in [9.17, 15) is 14.9 Å². The zero-order valence-corrected chi connectivity index (χ0v) is 10.2. The Hall–Kier alpha value is -1.69. The molecule has 0 N–H and O–H groups in total. The summed E-state index contributed by atoms with van der Waals surface area (Å²) in [7, 11) is 1.14. The molecule has 0 spiro atoms. The van der Waals surface area contributed by atoms with Crippen LogP contribution in [-0.2, 0) is 4.74 Å². The summed E-state index contributed by atoms with van der Waals surface area (Å²) < 4.78 is 4.89. The molecule has 1 aromatic carbocycles. The molecule has 0 unspecified atom stereocenters. The second-order valence-corrected chi connectivity index (χ2v) is 3.87. The SMILES string of the molecule is COC(=O)c1cc(I)c(C#N)cc1[N+](=O)[O-]. The standard InChI is InChI=1S/C9H5IN2O4/c1-16-9(13)6-3-7(10)5(4-11)2-8(6)12(14)15/h2-3H,1H3. The summed E-state index contributed by atoms with van der Waals surface area (Å²) in [4.78, 5) is 21.3. The third-order valence-corrected chi connectivity index (χ3v) is 2.70. The maximum atomic E-state index is 11.3. The van der Waals surface area contributed by atoms with E-state index in [1.54, 1.807) is 0 Å². The summed E-state index contributed by atoms with van der Waals surface area (Å²) in [6, 6.07) is 4.14. The van der Waals surface area contributed by atoms with E-state index in [1.807, 2.05) is 28.7 Å². The molecule has 0 aliphatic rings. The molecule has 0 bridgehead atoms. The monoisotopic (exact) mass is 332 g/mol. The van der Waals surface area contributed by atoms with Gasteiger partial charge in [-0.3, -0.25) is 10.1 Å². The average Bonchev–Trinajstić information content (AvgIpc) is 2.27. The Morgan fingerprint density at radius 2 is 2.25 bits per heavy atom. The Morgan fingerprint density at radius 3 is 2.69 bits per heavy atom. The van der Waals surface area contributed by atoms with Crippen LogP contribution in [0.4, 0.5) is 5.69 Å². The molecule has 0 aromatic heterocycles. The number of rotatable bonds is 2. The van der Waals surface area contributed by atoms with Gasteiger partial charge in [0, 0.05) is 9.64 Å². The molecule has 0 saturated heterocycles. The van der Waals surface area contributed by atoms with Gasteiger partial charge in [-0.15, -0.1) is 0 Å². The summed E-state index contributed by atoms with van der Waals surface area (Å²) in [5.41, 5.74) is -0.431. The summed E-state index contributed by atoms with van der Waals surface area (Å²) in [6.45, 7) is 0. The molecule has 6 nitrogen and oxygen atoms in total. The molecular formula is C9H5IN2O4. The summed E-state index contributed by atoms with van der Waals surface area (Å²) in [5, 5.41) is 19.4. The minimum atomic E-state index is -0.797. The largest absolute Gasteiger partial charge is 0.465 e. The van der Waals surface area contributed by atoms with Crippen LogP contribution in [0.15, 0.2) is 12.1 Å². The number of nitriles is 1. The van der Waals surface area contributed by atoms with Crippen molar-refractivity contribution in [2.24, 2.45) is 0 Å². The molecule has 0 amide bonds. The van der Waals surface area contributed by atoms with E-state index in [0.717, 1.165) is 13.2 Å². The van der Waals surface area contributed by atoms with Gasteiger partial charge in [-0.25, -0.2) is 4.79 Å². The van der Waals surface area contributed by atoms with Gasteiger partial charge in [-0.2, -0.15) is 5.26 Å². The first-order chi connectivity index (χ1) is 7.51. The number of hydrogen-bond donors (Lipinski definition) is 0. The lowest BCUT2D eigenvalue weighted by Gasteiger charge is -2.02. The molecule has 0 heterocycles. The second-order valence-electron chi connectivity index (χ2n) is 2.71. The Balaban J connectivity index is 3.49. The average molecular weight is 332 g/mol. The van der Waals surface area contributed by atoms with Gasteiger partial charge in [0.25, 0.3) is 5.69 Å². The fraction of sp³-hybridized carbons (Fsp3) is 0.111. The molecule has 82 valence electrons. The van der Waals surface area contributed by atoms with Crippen molar-refractivity contribution in [2.75, 3.05) is 7.11 Å². The third-order valence-electron chi connectivity index (χ3n) is 1.81. The van der Waals surface area contributed by atoms with Gasteiger partial charge in [0.15, 0.2) is 0 Å². The topological polar surface area (TPSA) is 93.2 Å². The lowest BCUT2D eigenvalue weighted by molar-refractivity contribution is -0.385. The molecule has 7 heteroatoms. The van der Waals surface area contributed by atoms with E-state index < -0.39 is 16.6 Å². The Bertz CT molecular complexity index is 507. The van der Waals surface area contributed by atoms with Crippen molar-refractivity contribution in [3.8, 4) is 6.07 Å². The number of esters is 1. The van der Waals surface area contributed by atoms with Gasteiger partial charge in [-0.1, -0.05) is 0 Å². The van der Waals surface area contributed by atoms with Crippen molar-refractivity contribution in [1.82, 2.24) is 0 Å². The summed E-state index contributed by atoms with van der Waals surface area (Å²) >= 11 is 1.82. The molecule has 0 saturated carbocycles. The predicted molar refractivity (Wildman–Crippen MR) is 61.9 cm³/mol. The van der Waals surface area contributed by atoms with Crippen LogP contribution in [0.1, 0.15) is 15.9 Å². The van der Waals surface area contributed by atoms with Crippen LogP contribution < -0.4 is 0 Å². The number of nitro benzene ring substituents is 1.